The summed E-state index contributed by atoms with van der Waals surface area (Å²) in [4.78, 5) is 12.6. The van der Waals surface area contributed by atoms with E-state index in [2.05, 4.69) is 10.4 Å². The highest BCUT2D eigenvalue weighted by Crippen LogP contribution is 2.27. The van der Waals surface area contributed by atoms with Crippen molar-refractivity contribution in [3.8, 4) is 11.8 Å². The summed E-state index contributed by atoms with van der Waals surface area (Å²) in [5.74, 6) is -0.511. The number of halogens is 2. The number of hydrogen-bond donors (Lipinski definition) is 1. The van der Waals surface area contributed by atoms with Crippen molar-refractivity contribution in [2.75, 3.05) is 5.32 Å². The quantitative estimate of drug-likeness (QED) is 0.465. The second kappa shape index (κ2) is 8.30. The Hall–Kier alpha value is -3.07. The third kappa shape index (κ3) is 4.09. The highest BCUT2D eigenvalue weighted by atomic mass is 35.5. The van der Waals surface area contributed by atoms with Gasteiger partial charge in [-0.25, -0.2) is 4.68 Å². The number of aromatic nitrogens is 2. The van der Waals surface area contributed by atoms with E-state index in [-0.39, 0.29) is 10.7 Å². The summed E-state index contributed by atoms with van der Waals surface area (Å²) in [6, 6.07) is 16.4. The Balaban J connectivity index is 1.96. The second-order valence-electron chi connectivity index (χ2n) is 6.12. The maximum atomic E-state index is 12.6. The molecule has 0 fully saturated rings. The molecular formula is C21H16Cl2N4O. The molecule has 0 aliphatic rings. The van der Waals surface area contributed by atoms with Crippen LogP contribution in [0.5, 0.6) is 0 Å². The van der Waals surface area contributed by atoms with Gasteiger partial charge in [0.1, 0.15) is 16.8 Å². The molecule has 1 amide bonds. The summed E-state index contributed by atoms with van der Waals surface area (Å²) in [5.41, 5.74) is 3.24. The van der Waals surface area contributed by atoms with Crippen molar-refractivity contribution < 1.29 is 4.79 Å². The van der Waals surface area contributed by atoms with Gasteiger partial charge in [0, 0.05) is 16.3 Å². The van der Waals surface area contributed by atoms with E-state index < -0.39 is 5.91 Å². The number of nitrogens with one attached hydrogen (secondary N) is 1. The minimum Gasteiger partial charge on any atom is -0.321 e. The van der Waals surface area contributed by atoms with Crippen LogP contribution in [0.25, 0.3) is 11.8 Å². The number of aryl methyl sites for hydroxylation is 2. The first-order valence-corrected chi connectivity index (χ1v) is 9.16. The van der Waals surface area contributed by atoms with E-state index in [0.29, 0.717) is 27.7 Å². The van der Waals surface area contributed by atoms with E-state index in [1.165, 1.54) is 10.8 Å². The van der Waals surface area contributed by atoms with Crippen molar-refractivity contribution in [3.05, 3.63) is 81.1 Å². The molecule has 0 spiro atoms. The van der Waals surface area contributed by atoms with E-state index in [1.807, 2.05) is 37.3 Å². The van der Waals surface area contributed by atoms with Crippen molar-refractivity contribution in [1.82, 2.24) is 9.78 Å². The molecule has 1 aromatic heterocycles. The van der Waals surface area contributed by atoms with Crippen LogP contribution in [0.4, 0.5) is 5.69 Å². The number of para-hydroxylation sites is 1. The summed E-state index contributed by atoms with van der Waals surface area (Å²) in [6.07, 6.45) is 1.44. The molecule has 0 saturated carbocycles. The van der Waals surface area contributed by atoms with E-state index >= 15 is 0 Å². The van der Waals surface area contributed by atoms with E-state index in [9.17, 15) is 10.1 Å². The van der Waals surface area contributed by atoms with Gasteiger partial charge in [-0.3, -0.25) is 4.79 Å². The molecule has 2 aromatic carbocycles. The molecular weight excluding hydrogens is 395 g/mol. The number of carbonyl (C=O) groups excluding carboxylic acids is 1. The van der Waals surface area contributed by atoms with Gasteiger partial charge in [-0.05, 0) is 49.8 Å². The largest absolute Gasteiger partial charge is 0.321 e. The van der Waals surface area contributed by atoms with Gasteiger partial charge >= 0.3 is 0 Å². The Morgan fingerprint density at radius 1 is 1.18 bits per heavy atom. The predicted molar refractivity (Wildman–Crippen MR) is 112 cm³/mol. The van der Waals surface area contributed by atoms with Crippen molar-refractivity contribution in [2.24, 2.45) is 0 Å². The van der Waals surface area contributed by atoms with Crippen molar-refractivity contribution in [2.45, 2.75) is 13.8 Å². The third-order valence-electron chi connectivity index (χ3n) is 4.15. The van der Waals surface area contributed by atoms with E-state index in [0.717, 1.165) is 5.56 Å². The summed E-state index contributed by atoms with van der Waals surface area (Å²) in [6.45, 7) is 3.63. The molecule has 0 aliphatic carbocycles. The lowest BCUT2D eigenvalue weighted by atomic mass is 10.1. The van der Waals surface area contributed by atoms with Gasteiger partial charge in [0.15, 0.2) is 0 Å². The Labute approximate surface area is 172 Å². The number of nitrogens with zero attached hydrogens (tertiary/aromatic N) is 3. The molecule has 0 atom stereocenters. The molecule has 3 rings (SSSR count). The van der Waals surface area contributed by atoms with Crippen LogP contribution >= 0.6 is 23.2 Å². The topological polar surface area (TPSA) is 70.7 Å². The second-order valence-corrected chi connectivity index (χ2v) is 6.91. The number of rotatable bonds is 4. The molecule has 1 N–H and O–H groups in total. The first kappa shape index (κ1) is 19.7. The number of anilines is 1. The van der Waals surface area contributed by atoms with Gasteiger partial charge in [0.05, 0.1) is 11.4 Å². The van der Waals surface area contributed by atoms with Crippen LogP contribution in [0, 0.1) is 25.2 Å². The molecule has 0 aliphatic heterocycles. The van der Waals surface area contributed by atoms with Crippen LogP contribution in [0.2, 0.25) is 10.2 Å². The third-order valence-corrected chi connectivity index (χ3v) is 4.75. The lowest BCUT2D eigenvalue weighted by Gasteiger charge is -2.07. The van der Waals surface area contributed by atoms with Gasteiger partial charge in [-0.15, -0.1) is 0 Å². The highest BCUT2D eigenvalue weighted by molar-refractivity contribution is 6.32. The van der Waals surface area contributed by atoms with Crippen LogP contribution in [0.15, 0.2) is 54.1 Å². The monoisotopic (exact) mass is 410 g/mol. The molecule has 0 saturated heterocycles. The smallest absolute Gasteiger partial charge is 0.266 e. The molecule has 0 radical (unpaired) electrons. The summed E-state index contributed by atoms with van der Waals surface area (Å²) in [5, 5.41) is 17.5. The first-order chi connectivity index (χ1) is 13.4. The van der Waals surface area contributed by atoms with Crippen LogP contribution in [-0.4, -0.2) is 15.7 Å². The standard InChI is InChI=1S/C21H16Cl2N4O/c1-13-6-3-4-9-19(13)25-21(28)15(12-24)10-18-14(2)26-27(20(18)23)17-8-5-7-16(22)11-17/h3-11H,1-2H3,(H,25,28). The average Bonchev–Trinajstić information content (AvgIpc) is 2.95. The van der Waals surface area contributed by atoms with Gasteiger partial charge in [-0.1, -0.05) is 47.5 Å². The minimum absolute atomic E-state index is 0.0705. The summed E-state index contributed by atoms with van der Waals surface area (Å²) >= 11 is 12.5. The normalized spacial score (nSPS) is 11.2. The summed E-state index contributed by atoms with van der Waals surface area (Å²) < 4.78 is 1.52. The van der Waals surface area contributed by atoms with Crippen molar-refractivity contribution in [1.29, 1.82) is 5.26 Å². The van der Waals surface area contributed by atoms with E-state index in [1.54, 1.807) is 31.2 Å². The molecule has 5 nitrogen and oxygen atoms in total. The Bertz CT molecular complexity index is 1130. The number of hydrogen-bond acceptors (Lipinski definition) is 3. The van der Waals surface area contributed by atoms with Crippen LogP contribution in [0.1, 0.15) is 16.8 Å². The number of benzene rings is 2. The predicted octanol–water partition coefficient (Wildman–Crippen LogP) is 5.34. The van der Waals surface area contributed by atoms with Crippen LogP contribution in [0.3, 0.4) is 0 Å². The first-order valence-electron chi connectivity index (χ1n) is 8.40. The Kier molecular flexibility index (Phi) is 5.84. The number of carbonyl (C=O) groups is 1. The lowest BCUT2D eigenvalue weighted by Crippen LogP contribution is -2.14. The highest BCUT2D eigenvalue weighted by Gasteiger charge is 2.17. The Morgan fingerprint density at radius 3 is 2.61 bits per heavy atom. The van der Waals surface area contributed by atoms with E-state index in [4.69, 9.17) is 23.2 Å². The molecule has 1 heterocycles. The molecule has 0 bridgehead atoms. The SMILES string of the molecule is Cc1ccccc1NC(=O)C(C#N)=Cc1c(C)nn(-c2cccc(Cl)c2)c1Cl. The van der Waals surface area contributed by atoms with Crippen LogP contribution in [-0.2, 0) is 4.79 Å². The fraction of sp³-hybridized carbons (Fsp3) is 0.0952. The molecule has 7 heteroatoms. The minimum atomic E-state index is -0.511. The maximum absolute atomic E-state index is 12.6. The Morgan fingerprint density at radius 2 is 1.93 bits per heavy atom. The number of amides is 1. The van der Waals surface area contributed by atoms with Gasteiger partial charge in [0.25, 0.3) is 5.91 Å². The van der Waals surface area contributed by atoms with Gasteiger partial charge in [-0.2, -0.15) is 10.4 Å². The van der Waals surface area contributed by atoms with Crippen molar-refractivity contribution >= 4 is 40.9 Å². The van der Waals surface area contributed by atoms with Gasteiger partial charge < -0.3 is 5.32 Å². The fourth-order valence-corrected chi connectivity index (χ4v) is 3.16. The van der Waals surface area contributed by atoms with Crippen LogP contribution < -0.4 is 5.32 Å². The molecule has 3 aromatic rings. The van der Waals surface area contributed by atoms with Gasteiger partial charge in [0.2, 0.25) is 0 Å². The maximum Gasteiger partial charge on any atom is 0.266 e. The zero-order valence-corrected chi connectivity index (χ0v) is 16.7. The summed E-state index contributed by atoms with van der Waals surface area (Å²) in [7, 11) is 0. The lowest BCUT2D eigenvalue weighted by molar-refractivity contribution is -0.112. The molecule has 140 valence electrons. The zero-order chi connectivity index (χ0) is 20.3. The number of nitriles is 1. The molecule has 0 unspecified atom stereocenters. The zero-order valence-electron chi connectivity index (χ0n) is 15.2. The fourth-order valence-electron chi connectivity index (χ4n) is 2.65. The average molecular weight is 411 g/mol. The molecule has 28 heavy (non-hydrogen) atoms. The van der Waals surface area contributed by atoms with Crippen molar-refractivity contribution in [3.63, 3.8) is 0 Å².